The fourth-order valence-corrected chi connectivity index (χ4v) is 1.38. The lowest BCUT2D eigenvalue weighted by Gasteiger charge is -2.09. The minimum absolute atomic E-state index is 0.0958. The van der Waals surface area contributed by atoms with Gasteiger partial charge in [-0.25, -0.2) is 0 Å². The second-order valence-electron chi connectivity index (χ2n) is 3.32. The van der Waals surface area contributed by atoms with Gasteiger partial charge in [0.2, 0.25) is 0 Å². The van der Waals surface area contributed by atoms with Gasteiger partial charge in [0.25, 0.3) is 0 Å². The number of aliphatic carboxylic acids is 1. The monoisotopic (exact) mass is 172 g/mol. The molecule has 0 spiro atoms. The maximum Gasteiger partial charge on any atom is 0.306 e. The normalized spacial score (nSPS) is 12.8. The van der Waals surface area contributed by atoms with Crippen molar-refractivity contribution in [3.05, 3.63) is 0 Å². The van der Waals surface area contributed by atoms with Crippen LogP contribution >= 0.6 is 0 Å². The Hall–Kier alpha value is -0.530. The first-order chi connectivity index (χ1) is 5.72. The summed E-state index contributed by atoms with van der Waals surface area (Å²) < 4.78 is 0. The van der Waals surface area contributed by atoms with Gasteiger partial charge >= 0.3 is 5.97 Å². The van der Waals surface area contributed by atoms with Crippen molar-refractivity contribution in [3.63, 3.8) is 0 Å². The summed E-state index contributed by atoms with van der Waals surface area (Å²) in [5.74, 6) is -0.713. The van der Waals surface area contributed by atoms with Crippen LogP contribution in [-0.4, -0.2) is 11.1 Å². The third kappa shape index (κ3) is 5.16. The molecule has 0 bridgehead atoms. The van der Waals surface area contributed by atoms with Crippen molar-refractivity contribution in [2.24, 2.45) is 5.92 Å². The van der Waals surface area contributed by atoms with Crippen LogP contribution in [0, 0.1) is 5.92 Å². The molecule has 2 nitrogen and oxygen atoms in total. The molecule has 1 N–H and O–H groups in total. The maximum atomic E-state index is 10.7. The summed E-state index contributed by atoms with van der Waals surface area (Å²) in [7, 11) is 0. The van der Waals surface area contributed by atoms with Gasteiger partial charge in [-0.1, -0.05) is 39.5 Å². The van der Waals surface area contributed by atoms with Crippen LogP contribution < -0.4 is 0 Å². The van der Waals surface area contributed by atoms with Crippen molar-refractivity contribution in [3.8, 4) is 0 Å². The third-order valence-electron chi connectivity index (χ3n) is 2.14. The highest BCUT2D eigenvalue weighted by Crippen LogP contribution is 2.15. The van der Waals surface area contributed by atoms with E-state index < -0.39 is 5.97 Å². The Morgan fingerprint density at radius 1 is 1.17 bits per heavy atom. The van der Waals surface area contributed by atoms with E-state index in [1.54, 1.807) is 0 Å². The predicted molar refractivity (Wildman–Crippen MR) is 50.2 cm³/mol. The molecule has 0 aliphatic carbocycles. The van der Waals surface area contributed by atoms with Crippen molar-refractivity contribution >= 4 is 5.97 Å². The largest absolute Gasteiger partial charge is 0.481 e. The molecule has 0 radical (unpaired) electrons. The van der Waals surface area contributed by atoms with E-state index in [2.05, 4.69) is 6.92 Å². The minimum atomic E-state index is -0.618. The predicted octanol–water partition coefficient (Wildman–Crippen LogP) is 3.07. The molecule has 0 aromatic carbocycles. The summed E-state index contributed by atoms with van der Waals surface area (Å²) in [6, 6.07) is 0. The summed E-state index contributed by atoms with van der Waals surface area (Å²) in [5.41, 5.74) is 0. The smallest absolute Gasteiger partial charge is 0.306 e. The number of carboxylic acids is 1. The van der Waals surface area contributed by atoms with Gasteiger partial charge in [-0.15, -0.1) is 0 Å². The Morgan fingerprint density at radius 2 is 1.83 bits per heavy atom. The molecule has 2 heteroatoms. The molecule has 0 fully saturated rings. The molecule has 0 rings (SSSR count). The van der Waals surface area contributed by atoms with E-state index in [0.29, 0.717) is 0 Å². The van der Waals surface area contributed by atoms with Crippen molar-refractivity contribution in [2.75, 3.05) is 0 Å². The van der Waals surface area contributed by atoms with Crippen molar-refractivity contribution in [1.29, 1.82) is 0 Å². The lowest BCUT2D eigenvalue weighted by molar-refractivity contribution is -0.142. The van der Waals surface area contributed by atoms with Gasteiger partial charge in [0.05, 0.1) is 5.92 Å². The van der Waals surface area contributed by atoms with Gasteiger partial charge in [-0.2, -0.15) is 0 Å². The molecule has 0 saturated heterocycles. The number of hydrogen-bond acceptors (Lipinski definition) is 1. The molecule has 72 valence electrons. The van der Waals surface area contributed by atoms with E-state index >= 15 is 0 Å². The standard InChI is InChI=1S/C10H20O2/c1-3-5-6-8-9(7-4-2)10(11)12/h9H,3-8H2,1-2H3,(H,11,12)/t9-/m0/s1. The quantitative estimate of drug-likeness (QED) is 0.599. The van der Waals surface area contributed by atoms with Crippen LogP contribution in [0.25, 0.3) is 0 Å². The molecule has 0 aromatic heterocycles. The van der Waals surface area contributed by atoms with Gasteiger partial charge in [-0.3, -0.25) is 4.79 Å². The molecule has 12 heavy (non-hydrogen) atoms. The van der Waals surface area contributed by atoms with Crippen LogP contribution in [-0.2, 0) is 4.79 Å². The van der Waals surface area contributed by atoms with E-state index in [1.807, 2.05) is 6.92 Å². The Balaban J connectivity index is 3.56. The zero-order chi connectivity index (χ0) is 9.40. The molecule has 0 aromatic rings. The first kappa shape index (κ1) is 11.5. The Bertz CT molecular complexity index is 121. The maximum absolute atomic E-state index is 10.7. The zero-order valence-corrected chi connectivity index (χ0v) is 8.18. The van der Waals surface area contributed by atoms with Gasteiger partial charge in [0.15, 0.2) is 0 Å². The van der Waals surface area contributed by atoms with E-state index in [-0.39, 0.29) is 5.92 Å². The highest BCUT2D eigenvalue weighted by molar-refractivity contribution is 5.69. The fraction of sp³-hybridized carbons (Fsp3) is 0.900. The lowest BCUT2D eigenvalue weighted by atomic mass is 9.97. The van der Waals surface area contributed by atoms with Gasteiger partial charge < -0.3 is 5.11 Å². The molecular formula is C10H20O2. The van der Waals surface area contributed by atoms with Crippen LogP contribution in [0.4, 0.5) is 0 Å². The van der Waals surface area contributed by atoms with Crippen molar-refractivity contribution < 1.29 is 9.90 Å². The first-order valence-corrected chi connectivity index (χ1v) is 4.95. The number of rotatable bonds is 7. The summed E-state index contributed by atoms with van der Waals surface area (Å²) in [6.45, 7) is 4.17. The van der Waals surface area contributed by atoms with E-state index in [0.717, 1.165) is 32.1 Å². The third-order valence-corrected chi connectivity index (χ3v) is 2.14. The molecule has 0 aliphatic heterocycles. The van der Waals surface area contributed by atoms with Crippen LogP contribution in [0.3, 0.4) is 0 Å². The van der Waals surface area contributed by atoms with E-state index in [9.17, 15) is 4.79 Å². The molecule has 0 saturated carbocycles. The molecular weight excluding hydrogens is 152 g/mol. The average molecular weight is 172 g/mol. The van der Waals surface area contributed by atoms with Gasteiger partial charge in [-0.05, 0) is 12.8 Å². The lowest BCUT2D eigenvalue weighted by Crippen LogP contribution is -2.13. The van der Waals surface area contributed by atoms with Crippen molar-refractivity contribution in [1.82, 2.24) is 0 Å². The SMILES string of the molecule is CCCCC[C@H](CCC)C(=O)O. The van der Waals surface area contributed by atoms with Crippen molar-refractivity contribution in [2.45, 2.75) is 52.4 Å². The van der Waals surface area contributed by atoms with Crippen LogP contribution in [0.2, 0.25) is 0 Å². The number of unbranched alkanes of at least 4 members (excludes halogenated alkanes) is 2. The summed E-state index contributed by atoms with van der Waals surface area (Å²) in [6.07, 6.45) is 6.05. The Labute approximate surface area is 75.0 Å². The van der Waals surface area contributed by atoms with E-state index in [4.69, 9.17) is 5.11 Å². The summed E-state index contributed by atoms with van der Waals surface area (Å²) in [4.78, 5) is 10.7. The van der Waals surface area contributed by atoms with Crippen LogP contribution in [0.15, 0.2) is 0 Å². The second kappa shape index (κ2) is 7.14. The number of carbonyl (C=O) groups is 1. The Morgan fingerprint density at radius 3 is 2.25 bits per heavy atom. The first-order valence-electron chi connectivity index (χ1n) is 4.95. The van der Waals surface area contributed by atoms with Crippen LogP contribution in [0.5, 0.6) is 0 Å². The Kier molecular flexibility index (Phi) is 6.82. The fourth-order valence-electron chi connectivity index (χ4n) is 1.38. The topological polar surface area (TPSA) is 37.3 Å². The zero-order valence-electron chi connectivity index (χ0n) is 8.18. The van der Waals surface area contributed by atoms with Crippen LogP contribution in [0.1, 0.15) is 52.4 Å². The minimum Gasteiger partial charge on any atom is -0.481 e. The van der Waals surface area contributed by atoms with Gasteiger partial charge in [0.1, 0.15) is 0 Å². The second-order valence-corrected chi connectivity index (χ2v) is 3.32. The molecule has 0 amide bonds. The molecule has 1 atom stereocenters. The molecule has 0 heterocycles. The number of carboxylic acid groups (broad SMARTS) is 1. The highest BCUT2D eigenvalue weighted by Gasteiger charge is 2.14. The summed E-state index contributed by atoms with van der Waals surface area (Å²) >= 11 is 0. The number of hydrogen-bond donors (Lipinski definition) is 1. The molecule has 0 unspecified atom stereocenters. The molecule has 0 aliphatic rings. The highest BCUT2D eigenvalue weighted by atomic mass is 16.4. The van der Waals surface area contributed by atoms with Gasteiger partial charge in [0, 0.05) is 0 Å². The van der Waals surface area contributed by atoms with E-state index in [1.165, 1.54) is 6.42 Å². The summed E-state index contributed by atoms with van der Waals surface area (Å²) in [5, 5.41) is 8.80. The average Bonchev–Trinajstić information content (AvgIpc) is 2.03.